The highest BCUT2D eigenvalue weighted by Gasteiger charge is 2.52. The van der Waals surface area contributed by atoms with Crippen molar-refractivity contribution in [1.82, 2.24) is 0 Å². The maximum absolute atomic E-state index is 8.84. The van der Waals surface area contributed by atoms with E-state index in [4.69, 9.17) is 4.12 Å². The average molecular weight is 747 g/mol. The number of unbranched alkanes of at least 4 members (excludes halogenated alkanes) is 5. The molecule has 0 saturated heterocycles. The molecule has 272 valence electrons. The highest BCUT2D eigenvalue weighted by atomic mass is 28.4. The molecule has 0 amide bonds. The van der Waals surface area contributed by atoms with Gasteiger partial charge in [0.15, 0.2) is 0 Å². The molecular weight excluding hydrogens is 697 g/mol. The standard InChI is InChI=1S/C52H50OSi2/c1-2-3-4-5-6-22-41-54(44-29-10-7-11-30-44,51-40-24-28-43-26-17-19-36-48(43)51)53-55(45-31-12-8-13-32-45,46-33-14-9-15-34-46)52-39-21-20-37-50(52)49-38-23-27-42-25-16-18-35-47(42)49/h7-21,23-40H,2-6,22,41H2,1H3. The summed E-state index contributed by atoms with van der Waals surface area (Å²) < 4.78 is 8.84. The second-order valence-electron chi connectivity index (χ2n) is 14.8. The summed E-state index contributed by atoms with van der Waals surface area (Å²) in [4.78, 5) is 0. The van der Waals surface area contributed by atoms with E-state index in [-0.39, 0.29) is 0 Å². The lowest BCUT2D eigenvalue weighted by atomic mass is 9.98. The largest absolute Gasteiger partial charge is 0.439 e. The molecule has 0 aliphatic rings. The Bertz CT molecular complexity index is 2410. The minimum atomic E-state index is -3.35. The third-order valence-corrected chi connectivity index (χ3v) is 21.2. The molecular formula is C52H50OSi2. The molecule has 0 N–H and O–H groups in total. The van der Waals surface area contributed by atoms with Crippen LogP contribution in [0.4, 0.5) is 0 Å². The zero-order valence-corrected chi connectivity index (χ0v) is 33.9. The SMILES string of the molecule is CCCCCCCC[Si](O[Si](c1ccccc1)(c1ccccc1)c1ccccc1-c1cccc2ccccc12)(c1ccccc1)c1cccc2ccccc12. The molecule has 0 aromatic heterocycles. The summed E-state index contributed by atoms with van der Waals surface area (Å²) in [5.74, 6) is 0. The number of hydrogen-bond acceptors (Lipinski definition) is 1. The molecule has 8 aromatic rings. The lowest BCUT2D eigenvalue weighted by Gasteiger charge is -2.45. The quantitative estimate of drug-likeness (QED) is 0.0577. The lowest BCUT2D eigenvalue weighted by molar-refractivity contribution is 0.565. The third-order valence-electron chi connectivity index (χ3n) is 11.4. The summed E-state index contributed by atoms with van der Waals surface area (Å²) in [5.41, 5.74) is 2.49. The average Bonchev–Trinajstić information content (AvgIpc) is 3.27. The van der Waals surface area contributed by atoms with E-state index in [9.17, 15) is 0 Å². The highest BCUT2D eigenvalue weighted by molar-refractivity contribution is 7.15. The summed E-state index contributed by atoms with van der Waals surface area (Å²) in [6.07, 6.45) is 7.41. The van der Waals surface area contributed by atoms with Crippen LogP contribution in [0.5, 0.6) is 0 Å². The van der Waals surface area contributed by atoms with Crippen LogP contribution in [-0.2, 0) is 4.12 Å². The number of fused-ring (bicyclic) bond motifs is 2. The van der Waals surface area contributed by atoms with Gasteiger partial charge in [-0.1, -0.05) is 246 Å². The van der Waals surface area contributed by atoms with Crippen molar-refractivity contribution in [3.05, 3.63) is 200 Å². The van der Waals surface area contributed by atoms with Gasteiger partial charge in [-0.25, -0.2) is 0 Å². The molecule has 0 heterocycles. The Labute approximate surface area is 329 Å². The van der Waals surface area contributed by atoms with Crippen molar-refractivity contribution in [3.8, 4) is 11.1 Å². The normalized spacial score (nSPS) is 12.8. The van der Waals surface area contributed by atoms with E-state index >= 15 is 0 Å². The topological polar surface area (TPSA) is 9.23 Å². The Hall–Kier alpha value is -5.33. The predicted octanol–water partition coefficient (Wildman–Crippen LogP) is 10.8. The first-order valence-corrected chi connectivity index (χ1v) is 24.2. The monoisotopic (exact) mass is 746 g/mol. The van der Waals surface area contributed by atoms with Gasteiger partial charge in [0.1, 0.15) is 0 Å². The maximum atomic E-state index is 8.84. The molecule has 1 atom stereocenters. The number of rotatable bonds is 15. The van der Waals surface area contributed by atoms with Crippen molar-refractivity contribution < 1.29 is 4.12 Å². The van der Waals surface area contributed by atoms with Crippen molar-refractivity contribution in [2.75, 3.05) is 0 Å². The molecule has 0 bridgehead atoms. The second-order valence-corrected chi connectivity index (χ2v) is 22.0. The Balaban J connectivity index is 1.47. The summed E-state index contributed by atoms with van der Waals surface area (Å²) in [6, 6.07) is 75.5. The zero-order valence-electron chi connectivity index (χ0n) is 31.9. The van der Waals surface area contributed by atoms with E-state index in [2.05, 4.69) is 207 Å². The van der Waals surface area contributed by atoms with E-state index in [0.29, 0.717) is 0 Å². The van der Waals surface area contributed by atoms with Gasteiger partial charge in [-0.15, -0.1) is 0 Å². The summed E-state index contributed by atoms with van der Waals surface area (Å²) in [5, 5.41) is 11.6. The zero-order chi connectivity index (χ0) is 37.3. The molecule has 1 nitrogen and oxygen atoms in total. The molecule has 8 aromatic carbocycles. The van der Waals surface area contributed by atoms with E-state index in [1.165, 1.54) is 90.7 Å². The maximum Gasteiger partial charge on any atom is 0.279 e. The van der Waals surface area contributed by atoms with Crippen LogP contribution >= 0.6 is 0 Å². The van der Waals surface area contributed by atoms with Crippen LogP contribution in [0.15, 0.2) is 200 Å². The van der Waals surface area contributed by atoms with Crippen LogP contribution in [0, 0.1) is 0 Å². The molecule has 55 heavy (non-hydrogen) atoms. The minimum Gasteiger partial charge on any atom is -0.439 e. The predicted molar refractivity (Wildman–Crippen MR) is 242 cm³/mol. The van der Waals surface area contributed by atoms with Crippen LogP contribution in [-0.4, -0.2) is 16.6 Å². The summed E-state index contributed by atoms with van der Waals surface area (Å²) >= 11 is 0. The van der Waals surface area contributed by atoms with Gasteiger partial charge in [-0.3, -0.25) is 0 Å². The number of hydrogen-bond donors (Lipinski definition) is 0. The van der Waals surface area contributed by atoms with Gasteiger partial charge in [-0.05, 0) is 64.6 Å². The first-order chi connectivity index (χ1) is 27.2. The molecule has 0 aliphatic heterocycles. The third kappa shape index (κ3) is 7.28. The van der Waals surface area contributed by atoms with E-state index in [0.717, 1.165) is 12.5 Å². The Kier molecular flexibility index (Phi) is 11.3. The van der Waals surface area contributed by atoms with Gasteiger partial charge >= 0.3 is 0 Å². The minimum absolute atomic E-state index is 1.00. The summed E-state index contributed by atoms with van der Waals surface area (Å²) in [6.45, 7) is 2.30. The van der Waals surface area contributed by atoms with E-state index in [1.807, 2.05) is 0 Å². The first kappa shape index (κ1) is 36.6. The lowest BCUT2D eigenvalue weighted by Crippen LogP contribution is -2.77. The van der Waals surface area contributed by atoms with Gasteiger partial charge < -0.3 is 4.12 Å². The smallest absolute Gasteiger partial charge is 0.279 e. The van der Waals surface area contributed by atoms with E-state index in [1.54, 1.807) is 0 Å². The van der Waals surface area contributed by atoms with E-state index < -0.39 is 16.6 Å². The molecule has 0 fully saturated rings. The second kappa shape index (κ2) is 17.0. The van der Waals surface area contributed by atoms with Crippen LogP contribution in [0.25, 0.3) is 32.7 Å². The molecule has 0 radical (unpaired) electrons. The van der Waals surface area contributed by atoms with Crippen molar-refractivity contribution in [2.45, 2.75) is 51.5 Å². The molecule has 8 rings (SSSR count). The molecule has 1 unspecified atom stereocenters. The van der Waals surface area contributed by atoms with Crippen molar-refractivity contribution in [1.29, 1.82) is 0 Å². The van der Waals surface area contributed by atoms with Gasteiger partial charge in [-0.2, -0.15) is 0 Å². The van der Waals surface area contributed by atoms with Gasteiger partial charge in [0.05, 0.1) is 0 Å². The van der Waals surface area contributed by atoms with Crippen molar-refractivity contribution in [3.63, 3.8) is 0 Å². The fourth-order valence-electron chi connectivity index (χ4n) is 8.78. The van der Waals surface area contributed by atoms with Crippen molar-refractivity contribution >= 4 is 64.1 Å². The molecule has 0 saturated carbocycles. The fraction of sp³-hybridized carbons (Fsp3) is 0.154. The van der Waals surface area contributed by atoms with Crippen LogP contribution in [0.1, 0.15) is 45.4 Å². The van der Waals surface area contributed by atoms with Gasteiger partial charge in [0.25, 0.3) is 8.32 Å². The molecule has 0 aliphatic carbocycles. The summed E-state index contributed by atoms with van der Waals surface area (Å²) in [7, 11) is -6.43. The first-order valence-electron chi connectivity index (χ1n) is 20.2. The number of benzene rings is 8. The Morgan fingerprint density at radius 1 is 0.364 bits per heavy atom. The fourth-order valence-corrected chi connectivity index (χ4v) is 20.2. The van der Waals surface area contributed by atoms with Crippen molar-refractivity contribution in [2.24, 2.45) is 0 Å². The Morgan fingerprint density at radius 3 is 1.49 bits per heavy atom. The molecule has 3 heteroatoms. The Morgan fingerprint density at radius 2 is 0.818 bits per heavy atom. The van der Waals surface area contributed by atoms with Crippen LogP contribution in [0.2, 0.25) is 6.04 Å². The van der Waals surface area contributed by atoms with Crippen LogP contribution in [0.3, 0.4) is 0 Å². The molecule has 0 spiro atoms. The highest BCUT2D eigenvalue weighted by Crippen LogP contribution is 2.32. The van der Waals surface area contributed by atoms with Crippen LogP contribution < -0.4 is 25.9 Å². The van der Waals surface area contributed by atoms with Gasteiger partial charge in [0.2, 0.25) is 8.32 Å². The van der Waals surface area contributed by atoms with Gasteiger partial charge in [0, 0.05) is 0 Å².